The van der Waals surface area contributed by atoms with Crippen molar-refractivity contribution in [3.05, 3.63) is 54.7 Å². The summed E-state index contributed by atoms with van der Waals surface area (Å²) in [4.78, 5) is 4.96. The number of aromatic hydroxyl groups is 1. The predicted octanol–water partition coefficient (Wildman–Crippen LogP) is 5.03. The van der Waals surface area contributed by atoms with Crippen LogP contribution in [-0.2, 0) is 6.18 Å². The van der Waals surface area contributed by atoms with Crippen molar-refractivity contribution in [1.82, 2.24) is 0 Å². The lowest BCUT2D eigenvalue weighted by atomic mass is 10.2. The van der Waals surface area contributed by atoms with Crippen molar-refractivity contribution < 1.29 is 23.1 Å². The van der Waals surface area contributed by atoms with E-state index in [1.54, 1.807) is 12.1 Å². The maximum absolute atomic E-state index is 12.6. The van der Waals surface area contributed by atoms with Crippen LogP contribution < -0.4 is 4.84 Å². The van der Waals surface area contributed by atoms with E-state index in [9.17, 15) is 18.3 Å². The molecule has 116 valence electrons. The molecule has 22 heavy (non-hydrogen) atoms. The highest BCUT2D eigenvalue weighted by Gasteiger charge is 2.30. The maximum atomic E-state index is 12.6. The van der Waals surface area contributed by atoms with Crippen LogP contribution in [0.3, 0.4) is 0 Å². The maximum Gasteiger partial charge on any atom is 0.416 e. The highest BCUT2D eigenvalue weighted by molar-refractivity contribution is 14.1. The summed E-state index contributed by atoms with van der Waals surface area (Å²) >= 11 is 3.94. The standard InChI is InChI=1S/C14H8F3I2NO2/c15-14(16,17)9-2-1-3-10(6-9)22-20-7-8-4-11(18)13(21)12(19)5-8/h1-7,21H/b20-7+. The van der Waals surface area contributed by atoms with E-state index in [-0.39, 0.29) is 11.5 Å². The summed E-state index contributed by atoms with van der Waals surface area (Å²) in [6.45, 7) is 0. The van der Waals surface area contributed by atoms with E-state index in [1.807, 2.05) is 45.2 Å². The van der Waals surface area contributed by atoms with Gasteiger partial charge in [-0.1, -0.05) is 11.2 Å². The van der Waals surface area contributed by atoms with Crippen molar-refractivity contribution in [2.24, 2.45) is 5.16 Å². The lowest BCUT2D eigenvalue weighted by Crippen LogP contribution is -2.04. The zero-order valence-electron chi connectivity index (χ0n) is 10.7. The molecule has 2 rings (SSSR count). The fourth-order valence-corrected chi connectivity index (χ4v) is 3.35. The van der Waals surface area contributed by atoms with E-state index < -0.39 is 11.7 Å². The summed E-state index contributed by atoms with van der Waals surface area (Å²) < 4.78 is 39.0. The lowest BCUT2D eigenvalue weighted by Gasteiger charge is -2.07. The van der Waals surface area contributed by atoms with Gasteiger partial charge in [0.25, 0.3) is 0 Å². The van der Waals surface area contributed by atoms with Crippen LogP contribution in [0, 0.1) is 7.14 Å². The molecule has 2 aromatic rings. The molecule has 0 aliphatic rings. The Morgan fingerprint density at radius 2 is 1.73 bits per heavy atom. The first-order valence-electron chi connectivity index (χ1n) is 5.83. The number of nitrogens with zero attached hydrogens (tertiary/aromatic N) is 1. The molecule has 0 saturated heterocycles. The van der Waals surface area contributed by atoms with Crippen LogP contribution in [0.2, 0.25) is 0 Å². The van der Waals surface area contributed by atoms with Crippen LogP contribution in [-0.4, -0.2) is 11.3 Å². The number of benzene rings is 2. The number of phenols is 1. The van der Waals surface area contributed by atoms with Gasteiger partial charge in [-0.15, -0.1) is 0 Å². The number of alkyl halides is 3. The molecule has 0 spiro atoms. The molecule has 3 nitrogen and oxygen atoms in total. The Hall–Kier alpha value is -1.04. The highest BCUT2D eigenvalue weighted by atomic mass is 127. The molecule has 0 atom stereocenters. The number of hydrogen-bond acceptors (Lipinski definition) is 3. The number of hydrogen-bond donors (Lipinski definition) is 1. The van der Waals surface area contributed by atoms with Crippen molar-refractivity contribution in [1.29, 1.82) is 0 Å². The lowest BCUT2D eigenvalue weighted by molar-refractivity contribution is -0.137. The molecule has 0 bridgehead atoms. The topological polar surface area (TPSA) is 41.8 Å². The van der Waals surface area contributed by atoms with E-state index in [1.165, 1.54) is 18.3 Å². The Kier molecular flexibility index (Phi) is 5.53. The van der Waals surface area contributed by atoms with Gasteiger partial charge < -0.3 is 9.94 Å². The van der Waals surface area contributed by atoms with E-state index >= 15 is 0 Å². The zero-order valence-corrected chi connectivity index (χ0v) is 15.0. The SMILES string of the molecule is Oc1c(I)cc(/C=N/Oc2cccc(C(F)(F)F)c2)cc1I. The van der Waals surface area contributed by atoms with Gasteiger partial charge in [0.1, 0.15) is 5.75 Å². The second-order valence-electron chi connectivity index (χ2n) is 4.18. The number of halogens is 5. The Balaban J connectivity index is 2.13. The van der Waals surface area contributed by atoms with Crippen LogP contribution in [0.15, 0.2) is 41.6 Å². The van der Waals surface area contributed by atoms with Gasteiger partial charge in [0.15, 0.2) is 5.75 Å². The molecule has 0 amide bonds. The van der Waals surface area contributed by atoms with Crippen LogP contribution >= 0.6 is 45.2 Å². The zero-order chi connectivity index (χ0) is 16.3. The third-order valence-corrected chi connectivity index (χ3v) is 4.21. The Labute approximate surface area is 151 Å². The van der Waals surface area contributed by atoms with Gasteiger partial charge >= 0.3 is 6.18 Å². The van der Waals surface area contributed by atoms with Crippen LogP contribution in [0.1, 0.15) is 11.1 Å². The minimum Gasteiger partial charge on any atom is -0.506 e. The van der Waals surface area contributed by atoms with Gasteiger partial charge in [0, 0.05) is 0 Å². The fraction of sp³-hybridized carbons (Fsp3) is 0.0714. The normalized spacial score (nSPS) is 11.9. The summed E-state index contributed by atoms with van der Waals surface area (Å²) in [6.07, 6.45) is -3.06. The summed E-state index contributed by atoms with van der Waals surface area (Å²) in [5, 5.41) is 13.3. The summed E-state index contributed by atoms with van der Waals surface area (Å²) in [5.74, 6) is 0.173. The highest BCUT2D eigenvalue weighted by Crippen LogP contribution is 2.31. The van der Waals surface area contributed by atoms with Crippen molar-refractivity contribution in [3.63, 3.8) is 0 Å². The van der Waals surface area contributed by atoms with Crippen molar-refractivity contribution in [2.75, 3.05) is 0 Å². The van der Waals surface area contributed by atoms with Crippen molar-refractivity contribution >= 4 is 51.4 Å². The predicted molar refractivity (Wildman–Crippen MR) is 93.2 cm³/mol. The van der Waals surface area contributed by atoms with E-state index in [0.29, 0.717) is 12.7 Å². The van der Waals surface area contributed by atoms with Gasteiger partial charge in [-0.05, 0) is 81.1 Å². The Bertz CT molecular complexity index is 694. The van der Waals surface area contributed by atoms with E-state index in [0.717, 1.165) is 12.1 Å². The molecule has 1 N–H and O–H groups in total. The largest absolute Gasteiger partial charge is 0.506 e. The average molecular weight is 533 g/mol. The summed E-state index contributed by atoms with van der Waals surface area (Å²) in [7, 11) is 0. The second-order valence-corrected chi connectivity index (χ2v) is 6.51. The molecule has 0 aliphatic heterocycles. The van der Waals surface area contributed by atoms with Crippen molar-refractivity contribution in [3.8, 4) is 11.5 Å². The van der Waals surface area contributed by atoms with Crippen LogP contribution in [0.4, 0.5) is 13.2 Å². The number of rotatable bonds is 3. The van der Waals surface area contributed by atoms with Gasteiger partial charge in [0.2, 0.25) is 0 Å². The van der Waals surface area contributed by atoms with E-state index in [2.05, 4.69) is 5.16 Å². The molecule has 8 heteroatoms. The van der Waals surface area contributed by atoms with E-state index in [4.69, 9.17) is 4.84 Å². The first kappa shape index (κ1) is 17.3. The molecule has 0 radical (unpaired) electrons. The minimum absolute atomic E-state index is 0.00533. The summed E-state index contributed by atoms with van der Waals surface area (Å²) in [5.41, 5.74) is -0.132. The second kappa shape index (κ2) is 7.02. The first-order valence-corrected chi connectivity index (χ1v) is 7.99. The molecule has 0 unspecified atom stereocenters. The van der Waals surface area contributed by atoms with Crippen LogP contribution in [0.5, 0.6) is 11.5 Å². The molecule has 0 aromatic heterocycles. The van der Waals surface area contributed by atoms with Crippen molar-refractivity contribution in [2.45, 2.75) is 6.18 Å². The number of phenolic OH excluding ortho intramolecular Hbond substituents is 1. The quantitative estimate of drug-likeness (QED) is 0.342. The number of oxime groups is 1. The Morgan fingerprint density at radius 3 is 2.32 bits per heavy atom. The molecule has 2 aromatic carbocycles. The summed E-state index contributed by atoms with van der Waals surface area (Å²) in [6, 6.07) is 7.83. The molecule has 0 aliphatic carbocycles. The molecule has 0 heterocycles. The fourth-order valence-electron chi connectivity index (χ4n) is 1.54. The first-order chi connectivity index (χ1) is 10.3. The Morgan fingerprint density at radius 1 is 1.09 bits per heavy atom. The minimum atomic E-state index is -4.42. The molecule has 0 saturated carbocycles. The molecular weight excluding hydrogens is 525 g/mol. The van der Waals surface area contributed by atoms with Gasteiger partial charge in [-0.3, -0.25) is 0 Å². The van der Waals surface area contributed by atoms with Gasteiger partial charge in [-0.2, -0.15) is 13.2 Å². The third-order valence-electron chi connectivity index (χ3n) is 2.56. The third kappa shape index (κ3) is 4.48. The monoisotopic (exact) mass is 533 g/mol. The average Bonchev–Trinajstić information content (AvgIpc) is 2.44. The van der Waals surface area contributed by atoms with Gasteiger partial charge in [0.05, 0.1) is 18.9 Å². The smallest absolute Gasteiger partial charge is 0.416 e. The molecular formula is C14H8F3I2NO2. The van der Waals surface area contributed by atoms with Crippen LogP contribution in [0.25, 0.3) is 0 Å². The van der Waals surface area contributed by atoms with Gasteiger partial charge in [-0.25, -0.2) is 0 Å². The molecule has 0 fully saturated rings.